The molecule has 3 nitrogen and oxygen atoms in total. The summed E-state index contributed by atoms with van der Waals surface area (Å²) in [5.74, 6) is 0. The molecule has 78 valence electrons. The summed E-state index contributed by atoms with van der Waals surface area (Å²) in [6, 6.07) is 0.715. The maximum Gasteiger partial charge on any atom is 0.185 e. The summed E-state index contributed by atoms with van der Waals surface area (Å²) in [7, 11) is 0. The lowest BCUT2D eigenvalue weighted by Gasteiger charge is -2.20. The molecule has 0 aromatic carbocycles. The average molecular weight is 212 g/mol. The Kier molecular flexibility index (Phi) is 3.03. The minimum Gasteiger partial charge on any atom is -0.391 e. The van der Waals surface area contributed by atoms with E-state index in [-0.39, 0.29) is 6.61 Å². The van der Waals surface area contributed by atoms with Gasteiger partial charge in [-0.25, -0.2) is 4.98 Å². The first-order valence-corrected chi connectivity index (χ1v) is 5.99. The SMILES string of the molecule is CCCN(c1ncc(CO)s1)C1CC1. The van der Waals surface area contributed by atoms with Crippen molar-refractivity contribution in [1.29, 1.82) is 0 Å². The van der Waals surface area contributed by atoms with Crippen LogP contribution in [0, 0.1) is 0 Å². The number of hydrogen-bond acceptors (Lipinski definition) is 4. The van der Waals surface area contributed by atoms with E-state index in [1.54, 1.807) is 17.5 Å². The largest absolute Gasteiger partial charge is 0.391 e. The highest BCUT2D eigenvalue weighted by molar-refractivity contribution is 7.15. The Hall–Kier alpha value is -0.610. The van der Waals surface area contributed by atoms with Gasteiger partial charge < -0.3 is 10.0 Å². The smallest absolute Gasteiger partial charge is 0.185 e. The van der Waals surface area contributed by atoms with Gasteiger partial charge in [-0.3, -0.25) is 0 Å². The molecule has 1 aromatic rings. The van der Waals surface area contributed by atoms with Crippen molar-refractivity contribution in [2.24, 2.45) is 0 Å². The third kappa shape index (κ3) is 2.07. The second kappa shape index (κ2) is 4.28. The highest BCUT2D eigenvalue weighted by atomic mass is 32.1. The first-order chi connectivity index (χ1) is 6.85. The molecule has 1 aliphatic carbocycles. The predicted octanol–water partition coefficient (Wildman–Crippen LogP) is 2.01. The van der Waals surface area contributed by atoms with Crippen LogP contribution < -0.4 is 4.90 Å². The maximum atomic E-state index is 8.97. The van der Waals surface area contributed by atoms with Crippen molar-refractivity contribution in [1.82, 2.24) is 4.98 Å². The monoisotopic (exact) mass is 212 g/mol. The van der Waals surface area contributed by atoms with Crippen LogP contribution in [0.1, 0.15) is 31.1 Å². The molecule has 0 bridgehead atoms. The second-order valence-electron chi connectivity index (χ2n) is 3.69. The third-order valence-electron chi connectivity index (χ3n) is 2.40. The molecule has 0 radical (unpaired) electrons. The Balaban J connectivity index is 2.08. The van der Waals surface area contributed by atoms with E-state index in [9.17, 15) is 0 Å². The molecule has 1 aromatic heterocycles. The molecular weight excluding hydrogens is 196 g/mol. The number of aliphatic hydroxyl groups excluding tert-OH is 1. The Morgan fingerprint density at radius 1 is 1.64 bits per heavy atom. The normalized spacial score (nSPS) is 15.9. The molecule has 2 rings (SSSR count). The van der Waals surface area contributed by atoms with E-state index in [4.69, 9.17) is 5.11 Å². The van der Waals surface area contributed by atoms with Crippen molar-refractivity contribution in [3.8, 4) is 0 Å². The van der Waals surface area contributed by atoms with Crippen molar-refractivity contribution in [2.75, 3.05) is 11.4 Å². The summed E-state index contributed by atoms with van der Waals surface area (Å²) in [6.45, 7) is 3.39. The molecule has 1 N–H and O–H groups in total. The van der Waals surface area contributed by atoms with Gasteiger partial charge >= 0.3 is 0 Å². The fourth-order valence-corrected chi connectivity index (χ4v) is 2.43. The fourth-order valence-electron chi connectivity index (χ4n) is 1.56. The van der Waals surface area contributed by atoms with E-state index < -0.39 is 0 Å². The van der Waals surface area contributed by atoms with E-state index in [1.807, 2.05) is 0 Å². The number of rotatable bonds is 5. The second-order valence-corrected chi connectivity index (χ2v) is 4.79. The molecule has 14 heavy (non-hydrogen) atoms. The summed E-state index contributed by atoms with van der Waals surface area (Å²) in [5, 5.41) is 10.1. The van der Waals surface area contributed by atoms with Crippen molar-refractivity contribution >= 4 is 16.5 Å². The number of aromatic nitrogens is 1. The van der Waals surface area contributed by atoms with Gasteiger partial charge in [0, 0.05) is 18.8 Å². The van der Waals surface area contributed by atoms with Crippen LogP contribution in [-0.4, -0.2) is 22.7 Å². The lowest BCUT2D eigenvalue weighted by molar-refractivity contribution is 0.285. The van der Waals surface area contributed by atoms with Crippen molar-refractivity contribution in [3.05, 3.63) is 11.1 Å². The van der Waals surface area contributed by atoms with Crippen LogP contribution in [0.2, 0.25) is 0 Å². The molecule has 1 saturated carbocycles. The van der Waals surface area contributed by atoms with Crippen molar-refractivity contribution in [2.45, 2.75) is 38.8 Å². The summed E-state index contributed by atoms with van der Waals surface area (Å²) in [4.78, 5) is 7.69. The van der Waals surface area contributed by atoms with Crippen LogP contribution in [-0.2, 0) is 6.61 Å². The van der Waals surface area contributed by atoms with Gasteiger partial charge in [-0.15, -0.1) is 0 Å². The number of nitrogens with zero attached hydrogens (tertiary/aromatic N) is 2. The zero-order chi connectivity index (χ0) is 9.97. The molecule has 0 atom stereocenters. The first-order valence-electron chi connectivity index (χ1n) is 5.17. The van der Waals surface area contributed by atoms with Gasteiger partial charge in [-0.05, 0) is 19.3 Å². The highest BCUT2D eigenvalue weighted by Gasteiger charge is 2.30. The molecule has 0 unspecified atom stereocenters. The van der Waals surface area contributed by atoms with Crippen LogP contribution in [0.4, 0.5) is 5.13 Å². The van der Waals surface area contributed by atoms with Gasteiger partial charge in [0.25, 0.3) is 0 Å². The summed E-state index contributed by atoms with van der Waals surface area (Å²) < 4.78 is 0. The predicted molar refractivity (Wildman–Crippen MR) is 58.7 cm³/mol. The number of anilines is 1. The molecule has 1 heterocycles. The van der Waals surface area contributed by atoms with Crippen LogP contribution in [0.5, 0.6) is 0 Å². The molecular formula is C10H16N2OS. The molecule has 0 saturated heterocycles. The quantitative estimate of drug-likeness (QED) is 0.811. The van der Waals surface area contributed by atoms with Crippen LogP contribution >= 0.6 is 11.3 Å². The molecule has 1 aliphatic rings. The maximum absolute atomic E-state index is 8.97. The molecule has 0 spiro atoms. The number of aliphatic hydroxyl groups is 1. The van der Waals surface area contributed by atoms with Gasteiger partial charge in [0.1, 0.15) is 0 Å². The zero-order valence-corrected chi connectivity index (χ0v) is 9.26. The molecule has 4 heteroatoms. The lowest BCUT2D eigenvalue weighted by atomic mass is 10.4. The van der Waals surface area contributed by atoms with Gasteiger partial charge in [-0.1, -0.05) is 18.3 Å². The minimum atomic E-state index is 0.113. The first kappa shape index (κ1) is 9.93. The van der Waals surface area contributed by atoms with E-state index in [2.05, 4.69) is 16.8 Å². The van der Waals surface area contributed by atoms with Crippen LogP contribution in [0.3, 0.4) is 0 Å². The van der Waals surface area contributed by atoms with E-state index in [0.29, 0.717) is 6.04 Å². The molecule has 0 amide bonds. The Morgan fingerprint density at radius 2 is 2.43 bits per heavy atom. The summed E-state index contributed by atoms with van der Waals surface area (Å²) in [5.41, 5.74) is 0. The van der Waals surface area contributed by atoms with Gasteiger partial charge in [0.2, 0.25) is 0 Å². The van der Waals surface area contributed by atoms with Gasteiger partial charge in [0.05, 0.1) is 11.5 Å². The average Bonchev–Trinajstić information content (AvgIpc) is 2.92. The Labute approximate surface area is 88.4 Å². The fraction of sp³-hybridized carbons (Fsp3) is 0.700. The highest BCUT2D eigenvalue weighted by Crippen LogP contribution is 2.34. The van der Waals surface area contributed by atoms with Crippen molar-refractivity contribution in [3.63, 3.8) is 0 Å². The molecule has 0 aliphatic heterocycles. The topological polar surface area (TPSA) is 36.4 Å². The van der Waals surface area contributed by atoms with Crippen LogP contribution in [0.15, 0.2) is 6.20 Å². The van der Waals surface area contributed by atoms with E-state index in [0.717, 1.165) is 23.0 Å². The van der Waals surface area contributed by atoms with E-state index >= 15 is 0 Å². The Morgan fingerprint density at radius 3 is 2.93 bits per heavy atom. The number of thiazole rings is 1. The van der Waals surface area contributed by atoms with Crippen molar-refractivity contribution < 1.29 is 5.11 Å². The number of hydrogen-bond donors (Lipinski definition) is 1. The standard InChI is InChI=1S/C10H16N2OS/c1-2-5-12(8-3-4-8)10-11-6-9(7-13)14-10/h6,8,13H,2-5,7H2,1H3. The van der Waals surface area contributed by atoms with Gasteiger partial charge in [0.15, 0.2) is 5.13 Å². The zero-order valence-electron chi connectivity index (χ0n) is 8.44. The minimum absolute atomic E-state index is 0.113. The van der Waals surface area contributed by atoms with Crippen LogP contribution in [0.25, 0.3) is 0 Å². The lowest BCUT2D eigenvalue weighted by Crippen LogP contribution is -2.26. The molecule has 1 fully saturated rings. The van der Waals surface area contributed by atoms with Gasteiger partial charge in [-0.2, -0.15) is 0 Å². The third-order valence-corrected chi connectivity index (χ3v) is 3.41. The summed E-state index contributed by atoms with van der Waals surface area (Å²) >= 11 is 1.61. The van der Waals surface area contributed by atoms with E-state index in [1.165, 1.54) is 12.8 Å². The Bertz CT molecular complexity index is 296. The summed E-state index contributed by atoms with van der Waals surface area (Å²) in [6.07, 6.45) is 5.54.